The van der Waals surface area contributed by atoms with Crippen molar-refractivity contribution in [3.63, 3.8) is 0 Å². The summed E-state index contributed by atoms with van der Waals surface area (Å²) in [5, 5.41) is 8.43. The predicted octanol–water partition coefficient (Wildman–Crippen LogP) is 2.04. The van der Waals surface area contributed by atoms with Crippen LogP contribution in [0, 0.1) is 13.8 Å². The van der Waals surface area contributed by atoms with E-state index in [4.69, 9.17) is 9.26 Å². The zero-order valence-corrected chi connectivity index (χ0v) is 13.7. The van der Waals surface area contributed by atoms with Gasteiger partial charge in [-0.2, -0.15) is 10.1 Å². The third kappa shape index (κ3) is 2.67. The zero-order chi connectivity index (χ0) is 16.6. The molecule has 3 aromatic rings. The van der Waals surface area contributed by atoms with Gasteiger partial charge in [0, 0.05) is 18.3 Å². The zero-order valence-electron chi connectivity index (χ0n) is 13.7. The van der Waals surface area contributed by atoms with E-state index in [0.29, 0.717) is 23.3 Å². The summed E-state index contributed by atoms with van der Waals surface area (Å²) in [6.07, 6.45) is 3.07. The smallest absolute Gasteiger partial charge is 0.234 e. The quantitative estimate of drug-likeness (QED) is 0.727. The lowest BCUT2D eigenvalue weighted by molar-refractivity contribution is 0.370. The van der Waals surface area contributed by atoms with Crippen LogP contribution in [0.3, 0.4) is 0 Å². The van der Waals surface area contributed by atoms with Crippen molar-refractivity contribution in [1.29, 1.82) is 0 Å². The summed E-state index contributed by atoms with van der Waals surface area (Å²) >= 11 is 0. The van der Waals surface area contributed by atoms with Crippen LogP contribution in [0.25, 0.3) is 11.5 Å². The number of methoxy groups -OCH3 is 1. The van der Waals surface area contributed by atoms with E-state index in [2.05, 4.69) is 25.2 Å². The molecule has 3 aromatic heterocycles. The van der Waals surface area contributed by atoms with Crippen molar-refractivity contribution in [3.8, 4) is 17.4 Å². The van der Waals surface area contributed by atoms with Gasteiger partial charge in [0.1, 0.15) is 5.69 Å². The van der Waals surface area contributed by atoms with Crippen LogP contribution in [0.5, 0.6) is 5.88 Å². The number of rotatable bonds is 4. The van der Waals surface area contributed by atoms with Gasteiger partial charge in [-0.1, -0.05) is 5.16 Å². The van der Waals surface area contributed by atoms with Crippen LogP contribution in [0.15, 0.2) is 16.9 Å². The van der Waals surface area contributed by atoms with E-state index in [1.165, 1.54) is 13.3 Å². The lowest BCUT2D eigenvalue weighted by Crippen LogP contribution is -2.01. The molecule has 8 heteroatoms. The minimum absolute atomic E-state index is 0.0452. The second-order valence-corrected chi connectivity index (χ2v) is 5.33. The molecule has 0 amide bonds. The Bertz CT molecular complexity index is 821. The Morgan fingerprint density at radius 1 is 1.22 bits per heavy atom. The van der Waals surface area contributed by atoms with E-state index in [-0.39, 0.29) is 5.92 Å². The van der Waals surface area contributed by atoms with Crippen LogP contribution < -0.4 is 4.74 Å². The largest absolute Gasteiger partial charge is 0.480 e. The number of aryl methyl sites for hydroxylation is 2. The highest BCUT2D eigenvalue weighted by Crippen LogP contribution is 2.29. The molecule has 0 bridgehead atoms. The van der Waals surface area contributed by atoms with Gasteiger partial charge in [0.25, 0.3) is 0 Å². The van der Waals surface area contributed by atoms with Crippen molar-refractivity contribution in [2.75, 3.05) is 7.11 Å². The summed E-state index contributed by atoms with van der Waals surface area (Å²) in [6.45, 7) is 6.02. The lowest BCUT2D eigenvalue weighted by atomic mass is 9.99. The van der Waals surface area contributed by atoms with Gasteiger partial charge in [-0.25, -0.2) is 9.97 Å². The number of ether oxygens (including phenoxy) is 1. The van der Waals surface area contributed by atoms with Crippen molar-refractivity contribution in [1.82, 2.24) is 29.9 Å². The predicted molar refractivity (Wildman–Crippen MR) is 82.1 cm³/mol. The minimum Gasteiger partial charge on any atom is -0.480 e. The molecule has 120 valence electrons. The summed E-state index contributed by atoms with van der Waals surface area (Å²) < 4.78 is 12.3. The first kappa shape index (κ1) is 15.1. The Labute approximate surface area is 133 Å². The fourth-order valence-corrected chi connectivity index (χ4v) is 2.59. The van der Waals surface area contributed by atoms with E-state index in [1.807, 2.05) is 32.5 Å². The summed E-state index contributed by atoms with van der Waals surface area (Å²) in [4.78, 5) is 12.8. The number of hydrogen-bond acceptors (Lipinski definition) is 7. The van der Waals surface area contributed by atoms with Gasteiger partial charge in [-0.3, -0.25) is 4.68 Å². The Hall–Kier alpha value is -2.77. The molecule has 1 atom stereocenters. The standard InChI is InChI=1S/C15H18N6O2/c1-8(13-9(2)19-21(4)10(13)3)15-18-14(20-23-15)11-6-17-12(22-5)7-16-11/h6-8H,1-5H3. The molecule has 0 N–H and O–H groups in total. The highest BCUT2D eigenvalue weighted by Gasteiger charge is 2.23. The molecule has 0 saturated heterocycles. The number of aromatic nitrogens is 6. The Morgan fingerprint density at radius 3 is 2.57 bits per heavy atom. The fraction of sp³-hybridized carbons (Fsp3) is 0.400. The molecule has 3 heterocycles. The highest BCUT2D eigenvalue weighted by atomic mass is 16.5. The maximum atomic E-state index is 5.41. The Kier molecular flexibility index (Phi) is 3.81. The molecular formula is C15H18N6O2. The molecule has 0 spiro atoms. The molecule has 0 aliphatic rings. The first-order valence-electron chi connectivity index (χ1n) is 7.21. The van der Waals surface area contributed by atoms with Crippen LogP contribution in [-0.4, -0.2) is 37.0 Å². The first-order valence-corrected chi connectivity index (χ1v) is 7.21. The highest BCUT2D eigenvalue weighted by molar-refractivity contribution is 5.46. The second-order valence-electron chi connectivity index (χ2n) is 5.33. The normalized spacial score (nSPS) is 12.4. The van der Waals surface area contributed by atoms with Gasteiger partial charge in [-0.05, 0) is 20.8 Å². The summed E-state index contributed by atoms with van der Waals surface area (Å²) in [5.41, 5.74) is 3.68. The maximum Gasteiger partial charge on any atom is 0.234 e. The van der Waals surface area contributed by atoms with Gasteiger partial charge in [0.05, 0.1) is 31.1 Å². The Balaban J connectivity index is 1.91. The van der Waals surface area contributed by atoms with Gasteiger partial charge >= 0.3 is 0 Å². The molecule has 0 aliphatic carbocycles. The van der Waals surface area contributed by atoms with Gasteiger partial charge in [0.15, 0.2) is 0 Å². The molecule has 0 aliphatic heterocycles. The monoisotopic (exact) mass is 314 g/mol. The molecule has 3 rings (SSSR count). The second kappa shape index (κ2) is 5.79. The summed E-state index contributed by atoms with van der Waals surface area (Å²) in [7, 11) is 3.46. The van der Waals surface area contributed by atoms with Crippen molar-refractivity contribution >= 4 is 0 Å². The molecule has 0 fully saturated rings. The topological polar surface area (TPSA) is 91.8 Å². The average molecular weight is 314 g/mol. The van der Waals surface area contributed by atoms with E-state index >= 15 is 0 Å². The van der Waals surface area contributed by atoms with E-state index in [9.17, 15) is 0 Å². The Morgan fingerprint density at radius 2 is 2.00 bits per heavy atom. The third-order valence-corrected chi connectivity index (χ3v) is 3.88. The van der Waals surface area contributed by atoms with Crippen molar-refractivity contribution in [3.05, 3.63) is 35.2 Å². The molecule has 0 saturated carbocycles. The number of nitrogens with zero attached hydrogens (tertiary/aromatic N) is 6. The summed E-state index contributed by atoms with van der Waals surface area (Å²) in [6, 6.07) is 0. The van der Waals surface area contributed by atoms with Crippen LogP contribution in [0.2, 0.25) is 0 Å². The lowest BCUT2D eigenvalue weighted by Gasteiger charge is -2.07. The molecular weight excluding hydrogens is 296 g/mol. The van der Waals surface area contributed by atoms with E-state index in [1.54, 1.807) is 6.20 Å². The molecule has 0 radical (unpaired) electrons. The molecule has 1 unspecified atom stereocenters. The van der Waals surface area contributed by atoms with Crippen LogP contribution in [0.1, 0.15) is 35.7 Å². The SMILES string of the molecule is COc1cnc(-c2noc(C(C)c3c(C)nn(C)c3C)n2)cn1. The average Bonchev–Trinajstić information content (AvgIpc) is 3.13. The minimum atomic E-state index is -0.0452. The summed E-state index contributed by atoms with van der Waals surface area (Å²) in [5.74, 6) is 1.32. The van der Waals surface area contributed by atoms with Crippen molar-refractivity contribution < 1.29 is 9.26 Å². The van der Waals surface area contributed by atoms with Crippen molar-refractivity contribution in [2.45, 2.75) is 26.7 Å². The van der Waals surface area contributed by atoms with E-state index < -0.39 is 0 Å². The maximum absolute atomic E-state index is 5.41. The van der Waals surface area contributed by atoms with E-state index in [0.717, 1.165) is 17.0 Å². The van der Waals surface area contributed by atoms with Crippen LogP contribution >= 0.6 is 0 Å². The number of hydrogen-bond donors (Lipinski definition) is 0. The molecule has 23 heavy (non-hydrogen) atoms. The fourth-order valence-electron chi connectivity index (χ4n) is 2.59. The van der Waals surface area contributed by atoms with Crippen LogP contribution in [0.4, 0.5) is 0 Å². The van der Waals surface area contributed by atoms with Gasteiger partial charge < -0.3 is 9.26 Å². The van der Waals surface area contributed by atoms with Gasteiger partial charge in [0.2, 0.25) is 17.6 Å². The molecule has 0 aromatic carbocycles. The first-order chi connectivity index (χ1) is 11.0. The van der Waals surface area contributed by atoms with Crippen molar-refractivity contribution in [2.24, 2.45) is 7.05 Å². The van der Waals surface area contributed by atoms with Crippen LogP contribution in [-0.2, 0) is 7.05 Å². The molecule has 8 nitrogen and oxygen atoms in total. The van der Waals surface area contributed by atoms with Gasteiger partial charge in [-0.15, -0.1) is 0 Å². The third-order valence-electron chi connectivity index (χ3n) is 3.88.